The van der Waals surface area contributed by atoms with Gasteiger partial charge in [0.25, 0.3) is 0 Å². The third kappa shape index (κ3) is 2.73. The number of nitrogens with one attached hydrogen (secondary N) is 2. The molecule has 3 N–H and O–H groups in total. The van der Waals surface area contributed by atoms with Crippen LogP contribution in [-0.4, -0.2) is 23.1 Å². The van der Waals surface area contributed by atoms with E-state index in [1.54, 1.807) is 0 Å². The molecule has 1 aliphatic rings. The third-order valence-corrected chi connectivity index (χ3v) is 4.00. The van der Waals surface area contributed by atoms with Gasteiger partial charge in [-0.3, -0.25) is 4.79 Å². The standard InChI is InChI=1S/C15H22N2O2/c1-10-6-7-12(11(2)13(10)18)17-14(19)15(3)8-4-5-9-16-15/h6-7,16,18H,4-5,8-9H2,1-3H3,(H,17,19). The molecule has 0 saturated carbocycles. The number of amides is 1. The quantitative estimate of drug-likeness (QED) is 0.767. The molecular weight excluding hydrogens is 240 g/mol. The van der Waals surface area contributed by atoms with Crippen LogP contribution >= 0.6 is 0 Å². The number of aryl methyl sites for hydroxylation is 1. The van der Waals surface area contributed by atoms with Crippen LogP contribution < -0.4 is 10.6 Å². The molecule has 1 aromatic rings. The lowest BCUT2D eigenvalue weighted by Gasteiger charge is -2.33. The summed E-state index contributed by atoms with van der Waals surface area (Å²) in [5, 5.41) is 16.1. The number of rotatable bonds is 2. The van der Waals surface area contributed by atoms with Crippen molar-refractivity contribution >= 4 is 11.6 Å². The second-order valence-corrected chi connectivity index (χ2v) is 5.57. The zero-order valence-corrected chi connectivity index (χ0v) is 11.8. The van der Waals surface area contributed by atoms with Gasteiger partial charge in [0.05, 0.1) is 5.54 Å². The molecule has 0 bridgehead atoms. The van der Waals surface area contributed by atoms with E-state index in [0.717, 1.165) is 31.4 Å². The van der Waals surface area contributed by atoms with Gasteiger partial charge in [0.1, 0.15) is 5.75 Å². The first-order valence-corrected chi connectivity index (χ1v) is 6.80. The van der Waals surface area contributed by atoms with Crippen LogP contribution in [0.15, 0.2) is 12.1 Å². The normalized spacial score (nSPS) is 23.1. The number of hydrogen-bond acceptors (Lipinski definition) is 3. The number of anilines is 1. The maximum atomic E-state index is 12.4. The fraction of sp³-hybridized carbons (Fsp3) is 0.533. The zero-order chi connectivity index (χ0) is 14.0. The minimum atomic E-state index is -0.509. The van der Waals surface area contributed by atoms with E-state index in [4.69, 9.17) is 0 Å². The van der Waals surface area contributed by atoms with Crippen molar-refractivity contribution in [3.05, 3.63) is 23.3 Å². The van der Waals surface area contributed by atoms with E-state index in [1.807, 2.05) is 32.9 Å². The Morgan fingerprint density at radius 1 is 1.37 bits per heavy atom. The SMILES string of the molecule is Cc1ccc(NC(=O)C2(C)CCCCN2)c(C)c1O. The number of phenolic OH excluding ortho intramolecular Hbond substituents is 1. The van der Waals surface area contributed by atoms with Crippen LogP contribution in [0.2, 0.25) is 0 Å². The largest absolute Gasteiger partial charge is 0.507 e. The van der Waals surface area contributed by atoms with Gasteiger partial charge >= 0.3 is 0 Å². The summed E-state index contributed by atoms with van der Waals surface area (Å²) in [6.45, 7) is 6.47. The van der Waals surface area contributed by atoms with Gasteiger partial charge < -0.3 is 15.7 Å². The van der Waals surface area contributed by atoms with Crippen molar-refractivity contribution in [2.24, 2.45) is 0 Å². The molecule has 1 unspecified atom stereocenters. The van der Waals surface area contributed by atoms with Crippen molar-refractivity contribution < 1.29 is 9.90 Å². The molecule has 1 heterocycles. The molecule has 1 fully saturated rings. The first kappa shape index (κ1) is 13.9. The van der Waals surface area contributed by atoms with Crippen LogP contribution in [-0.2, 0) is 4.79 Å². The molecule has 1 amide bonds. The van der Waals surface area contributed by atoms with E-state index >= 15 is 0 Å². The van der Waals surface area contributed by atoms with E-state index < -0.39 is 5.54 Å². The summed E-state index contributed by atoms with van der Waals surface area (Å²) in [6.07, 6.45) is 3.03. The Kier molecular flexibility index (Phi) is 3.80. The number of phenols is 1. The van der Waals surface area contributed by atoms with Crippen molar-refractivity contribution in [3.63, 3.8) is 0 Å². The van der Waals surface area contributed by atoms with Gasteiger partial charge in [0.2, 0.25) is 5.91 Å². The highest BCUT2D eigenvalue weighted by Crippen LogP contribution is 2.29. The van der Waals surface area contributed by atoms with E-state index in [2.05, 4.69) is 10.6 Å². The van der Waals surface area contributed by atoms with E-state index in [-0.39, 0.29) is 11.7 Å². The summed E-state index contributed by atoms with van der Waals surface area (Å²) in [6, 6.07) is 3.66. The number of carbonyl (C=O) groups is 1. The minimum Gasteiger partial charge on any atom is -0.507 e. The van der Waals surface area contributed by atoms with Crippen LogP contribution in [0.25, 0.3) is 0 Å². The molecule has 0 aliphatic carbocycles. The van der Waals surface area contributed by atoms with Crippen LogP contribution in [0.5, 0.6) is 5.75 Å². The lowest BCUT2D eigenvalue weighted by atomic mass is 9.90. The maximum absolute atomic E-state index is 12.4. The summed E-state index contributed by atoms with van der Waals surface area (Å²) >= 11 is 0. The van der Waals surface area contributed by atoms with Crippen molar-refractivity contribution in [1.29, 1.82) is 0 Å². The molecule has 1 aromatic carbocycles. The smallest absolute Gasteiger partial charge is 0.244 e. The Morgan fingerprint density at radius 3 is 2.74 bits per heavy atom. The van der Waals surface area contributed by atoms with Gasteiger partial charge in [-0.05, 0) is 58.2 Å². The second kappa shape index (κ2) is 5.21. The third-order valence-electron chi connectivity index (χ3n) is 4.00. The molecule has 0 spiro atoms. The number of carbonyl (C=O) groups excluding carboxylic acids is 1. The second-order valence-electron chi connectivity index (χ2n) is 5.57. The number of hydrogen-bond donors (Lipinski definition) is 3. The minimum absolute atomic E-state index is 0.0291. The lowest BCUT2D eigenvalue weighted by Crippen LogP contribution is -2.54. The predicted octanol–water partition coefficient (Wildman–Crippen LogP) is 2.48. The highest BCUT2D eigenvalue weighted by atomic mass is 16.3. The highest BCUT2D eigenvalue weighted by molar-refractivity contribution is 5.98. The van der Waals surface area contributed by atoms with Gasteiger partial charge in [-0.15, -0.1) is 0 Å². The number of aromatic hydroxyl groups is 1. The average molecular weight is 262 g/mol. The molecule has 19 heavy (non-hydrogen) atoms. The van der Waals surface area contributed by atoms with Gasteiger partial charge in [-0.2, -0.15) is 0 Å². The molecule has 4 nitrogen and oxygen atoms in total. The van der Waals surface area contributed by atoms with E-state index in [9.17, 15) is 9.90 Å². The van der Waals surface area contributed by atoms with Crippen LogP contribution in [0.4, 0.5) is 5.69 Å². The fourth-order valence-corrected chi connectivity index (χ4v) is 2.48. The Hall–Kier alpha value is -1.55. The van der Waals surface area contributed by atoms with Crippen molar-refractivity contribution in [3.8, 4) is 5.75 Å². The van der Waals surface area contributed by atoms with Crippen molar-refractivity contribution in [1.82, 2.24) is 5.32 Å². The first-order valence-electron chi connectivity index (χ1n) is 6.80. The topological polar surface area (TPSA) is 61.4 Å². The molecule has 0 radical (unpaired) electrons. The predicted molar refractivity (Wildman–Crippen MR) is 76.5 cm³/mol. The van der Waals surface area contributed by atoms with Crippen molar-refractivity contribution in [2.75, 3.05) is 11.9 Å². The molecular formula is C15H22N2O2. The van der Waals surface area contributed by atoms with Crippen LogP contribution in [0, 0.1) is 13.8 Å². The van der Waals surface area contributed by atoms with E-state index in [0.29, 0.717) is 11.3 Å². The Balaban J connectivity index is 2.17. The Labute approximate surface area is 114 Å². The molecule has 1 atom stereocenters. The molecule has 1 aliphatic heterocycles. The maximum Gasteiger partial charge on any atom is 0.244 e. The number of piperidine rings is 1. The highest BCUT2D eigenvalue weighted by Gasteiger charge is 2.34. The van der Waals surface area contributed by atoms with Crippen LogP contribution in [0.3, 0.4) is 0 Å². The summed E-state index contributed by atoms with van der Waals surface area (Å²) in [4.78, 5) is 12.4. The van der Waals surface area contributed by atoms with Gasteiger partial charge in [0, 0.05) is 11.3 Å². The number of benzene rings is 1. The first-order chi connectivity index (χ1) is 8.94. The molecule has 1 saturated heterocycles. The van der Waals surface area contributed by atoms with Crippen LogP contribution in [0.1, 0.15) is 37.3 Å². The lowest BCUT2D eigenvalue weighted by molar-refractivity contribution is -0.122. The van der Waals surface area contributed by atoms with Gasteiger partial charge in [-0.1, -0.05) is 6.07 Å². The summed E-state index contributed by atoms with van der Waals surface area (Å²) in [7, 11) is 0. The zero-order valence-electron chi connectivity index (χ0n) is 11.8. The van der Waals surface area contributed by atoms with Crippen molar-refractivity contribution in [2.45, 2.75) is 45.6 Å². The average Bonchev–Trinajstić information content (AvgIpc) is 2.40. The summed E-state index contributed by atoms with van der Waals surface area (Å²) in [5.74, 6) is 0.220. The Morgan fingerprint density at radius 2 is 2.11 bits per heavy atom. The molecule has 0 aromatic heterocycles. The molecule has 2 rings (SSSR count). The van der Waals surface area contributed by atoms with Gasteiger partial charge in [0.15, 0.2) is 0 Å². The fourth-order valence-electron chi connectivity index (χ4n) is 2.48. The van der Waals surface area contributed by atoms with E-state index in [1.165, 1.54) is 0 Å². The van der Waals surface area contributed by atoms with Gasteiger partial charge in [-0.25, -0.2) is 0 Å². The molecule has 4 heteroatoms. The monoisotopic (exact) mass is 262 g/mol. The molecule has 104 valence electrons. The summed E-state index contributed by atoms with van der Waals surface area (Å²) in [5.41, 5.74) is 1.71. The summed E-state index contributed by atoms with van der Waals surface area (Å²) < 4.78 is 0. The Bertz CT molecular complexity index is 491.